The van der Waals surface area contributed by atoms with E-state index in [1.807, 2.05) is 7.05 Å². The summed E-state index contributed by atoms with van der Waals surface area (Å²) < 4.78 is 118. The third-order valence-electron chi connectivity index (χ3n) is 9.88. The number of imide groups is 1. The quantitative estimate of drug-likeness (QED) is 0.272. The van der Waals surface area contributed by atoms with E-state index in [9.17, 15) is 40.7 Å². The second-order valence-corrected chi connectivity index (χ2v) is 13.3. The van der Waals surface area contributed by atoms with Crippen molar-refractivity contribution in [2.24, 2.45) is 0 Å². The molecule has 1 saturated carbocycles. The van der Waals surface area contributed by atoms with Crippen LogP contribution in [0.15, 0.2) is 54.9 Å². The Bertz CT molecular complexity index is 1850. The summed E-state index contributed by atoms with van der Waals surface area (Å²) >= 11 is 0. The SMILES string of the molecule is CN1CC(n2cc(-c3ccc4c(c3)C(F)(F)C[C@]43NC(=O)N(CC(=O)N(Cc4ccc(F)cc4)C4(C(F)(F)F)CC(F)(F)C4)C3=O)cn2)C1. The molecule has 1 aromatic heterocycles. The van der Waals surface area contributed by atoms with E-state index in [1.54, 1.807) is 10.9 Å². The average Bonchev–Trinajstić information content (AvgIpc) is 3.62. The minimum Gasteiger partial charge on any atom is -0.322 e. The van der Waals surface area contributed by atoms with Crippen LogP contribution >= 0.6 is 0 Å². The molecular weight excluding hydrogens is 668 g/mol. The van der Waals surface area contributed by atoms with Crippen molar-refractivity contribution in [2.75, 3.05) is 26.7 Å². The van der Waals surface area contributed by atoms with Gasteiger partial charge in [-0.3, -0.25) is 19.2 Å². The Kier molecular flexibility index (Phi) is 7.22. The fourth-order valence-corrected chi connectivity index (χ4v) is 7.33. The van der Waals surface area contributed by atoms with E-state index >= 15 is 8.78 Å². The van der Waals surface area contributed by atoms with Crippen molar-refractivity contribution in [3.63, 3.8) is 0 Å². The molecule has 4 aliphatic rings. The molecular formula is C32H28F8N6O3. The normalized spacial score (nSPS) is 24.1. The third-order valence-corrected chi connectivity index (χ3v) is 9.88. The van der Waals surface area contributed by atoms with Gasteiger partial charge in [0.25, 0.3) is 17.8 Å². The number of urea groups is 1. The first-order valence-corrected chi connectivity index (χ1v) is 15.2. The lowest BCUT2D eigenvalue weighted by atomic mass is 9.71. The number of hydrogen-bond donors (Lipinski definition) is 1. The summed E-state index contributed by atoms with van der Waals surface area (Å²) in [6, 6.07) is 6.62. The van der Waals surface area contributed by atoms with E-state index < -0.39 is 90.7 Å². The Hall–Kier alpha value is -4.54. The van der Waals surface area contributed by atoms with Crippen molar-refractivity contribution >= 4 is 17.8 Å². The lowest BCUT2D eigenvalue weighted by Crippen LogP contribution is -2.71. The van der Waals surface area contributed by atoms with Gasteiger partial charge in [0, 0.05) is 49.8 Å². The first kappa shape index (κ1) is 33.0. The fourth-order valence-electron chi connectivity index (χ4n) is 7.33. The molecule has 0 unspecified atom stereocenters. The number of likely N-dealkylation sites (N-methyl/N-ethyl adjacent to an activating group) is 1. The van der Waals surface area contributed by atoms with Gasteiger partial charge in [0.05, 0.1) is 18.7 Å². The standard InChI is InChI=1S/C32H28F8N6O3/c1-43-12-22(13-43)46-11-20(9-41-46)19-4-7-23-24(8-19)31(36,37)17-30(23)26(48)44(27(49)42-30)14-25(47)45(10-18-2-5-21(33)6-3-18)28(32(38,39)40)15-29(34,35)16-28/h2-9,11,22H,10,12-17H2,1H3,(H,42,49)/t30-/m0/s1. The molecule has 9 nitrogen and oxygen atoms in total. The van der Waals surface area contributed by atoms with Gasteiger partial charge in [0.15, 0.2) is 5.54 Å². The van der Waals surface area contributed by atoms with Crippen molar-refractivity contribution in [1.29, 1.82) is 0 Å². The zero-order chi connectivity index (χ0) is 35.3. The van der Waals surface area contributed by atoms with Gasteiger partial charge in [-0.2, -0.15) is 18.3 Å². The monoisotopic (exact) mass is 696 g/mol. The number of aromatic nitrogens is 2. The lowest BCUT2D eigenvalue weighted by Gasteiger charge is -2.54. The van der Waals surface area contributed by atoms with Gasteiger partial charge in [-0.15, -0.1) is 0 Å². The highest BCUT2D eigenvalue weighted by atomic mass is 19.4. The zero-order valence-corrected chi connectivity index (χ0v) is 25.7. The van der Waals surface area contributed by atoms with Crippen LogP contribution in [-0.2, 0) is 27.6 Å². The van der Waals surface area contributed by atoms with Crippen LogP contribution in [0.1, 0.15) is 42.0 Å². The number of alkyl halides is 7. The predicted octanol–water partition coefficient (Wildman–Crippen LogP) is 5.18. The van der Waals surface area contributed by atoms with Crippen LogP contribution in [0.3, 0.4) is 0 Å². The molecule has 0 radical (unpaired) electrons. The maximum Gasteiger partial charge on any atom is 0.412 e. The Morgan fingerprint density at radius 3 is 2.27 bits per heavy atom. The number of hydrogen-bond acceptors (Lipinski definition) is 5. The van der Waals surface area contributed by atoms with E-state index in [0.29, 0.717) is 11.1 Å². The highest BCUT2D eigenvalue weighted by molar-refractivity contribution is 6.10. The second kappa shape index (κ2) is 10.7. The molecule has 1 atom stereocenters. The van der Waals surface area contributed by atoms with Gasteiger partial charge in [-0.25, -0.2) is 26.7 Å². The molecule has 0 bridgehead atoms. The Morgan fingerprint density at radius 1 is 0.980 bits per heavy atom. The number of halogens is 8. The molecule has 4 amide bonds. The van der Waals surface area contributed by atoms with Crippen molar-refractivity contribution in [1.82, 2.24) is 29.8 Å². The predicted molar refractivity (Wildman–Crippen MR) is 155 cm³/mol. The molecule has 2 saturated heterocycles. The van der Waals surface area contributed by atoms with Crippen molar-refractivity contribution in [3.8, 4) is 11.1 Å². The van der Waals surface area contributed by atoms with Gasteiger partial charge in [0.1, 0.15) is 17.9 Å². The van der Waals surface area contributed by atoms with Gasteiger partial charge < -0.3 is 15.1 Å². The molecule has 260 valence electrons. The lowest BCUT2D eigenvalue weighted by molar-refractivity contribution is -0.307. The van der Waals surface area contributed by atoms with Crippen LogP contribution in [0.4, 0.5) is 39.9 Å². The van der Waals surface area contributed by atoms with Crippen molar-refractivity contribution < 1.29 is 49.5 Å². The van der Waals surface area contributed by atoms with Crippen LogP contribution in [0.2, 0.25) is 0 Å². The third kappa shape index (κ3) is 5.23. The molecule has 2 aliphatic heterocycles. The molecule has 2 aliphatic carbocycles. The zero-order valence-electron chi connectivity index (χ0n) is 25.7. The number of amides is 4. The largest absolute Gasteiger partial charge is 0.412 e. The molecule has 3 fully saturated rings. The van der Waals surface area contributed by atoms with E-state index in [0.717, 1.165) is 37.4 Å². The number of nitrogens with zero attached hydrogens (tertiary/aromatic N) is 5. The van der Waals surface area contributed by atoms with E-state index in [2.05, 4.69) is 15.3 Å². The van der Waals surface area contributed by atoms with E-state index in [4.69, 9.17) is 0 Å². The minimum atomic E-state index is -5.36. The van der Waals surface area contributed by atoms with Gasteiger partial charge in [-0.1, -0.05) is 24.3 Å². The summed E-state index contributed by atoms with van der Waals surface area (Å²) in [6.45, 7) is -0.743. The number of rotatable bonds is 7. The number of carbonyl (C=O) groups excluding carboxylic acids is 3. The van der Waals surface area contributed by atoms with Crippen LogP contribution < -0.4 is 5.32 Å². The van der Waals surface area contributed by atoms with Crippen LogP contribution in [0.25, 0.3) is 11.1 Å². The summed E-state index contributed by atoms with van der Waals surface area (Å²) in [5, 5.41) is 6.55. The maximum atomic E-state index is 15.6. The summed E-state index contributed by atoms with van der Waals surface area (Å²) in [5.74, 6) is -11.0. The summed E-state index contributed by atoms with van der Waals surface area (Å²) in [4.78, 5) is 43.0. The van der Waals surface area contributed by atoms with Gasteiger partial charge in [0.2, 0.25) is 5.91 Å². The first-order chi connectivity index (χ1) is 22.8. The van der Waals surface area contributed by atoms with Crippen molar-refractivity contribution in [3.05, 3.63) is 77.4 Å². The molecule has 3 aromatic rings. The molecule has 1 spiro atoms. The average molecular weight is 697 g/mol. The summed E-state index contributed by atoms with van der Waals surface area (Å²) in [7, 11) is 1.94. The Labute approximate surface area is 273 Å². The summed E-state index contributed by atoms with van der Waals surface area (Å²) in [6.07, 6.45) is -6.92. The second-order valence-electron chi connectivity index (χ2n) is 13.3. The fraction of sp³-hybridized carbons (Fsp3) is 0.438. The highest BCUT2D eigenvalue weighted by Crippen LogP contribution is 2.58. The number of likely N-dealkylation sites (tertiary alicyclic amines) is 1. The first-order valence-electron chi connectivity index (χ1n) is 15.2. The number of nitrogens with one attached hydrogen (secondary N) is 1. The maximum absolute atomic E-state index is 15.6. The highest BCUT2D eigenvalue weighted by Gasteiger charge is 2.73. The van der Waals surface area contributed by atoms with Crippen LogP contribution in [0.5, 0.6) is 0 Å². The molecule has 3 heterocycles. The molecule has 49 heavy (non-hydrogen) atoms. The molecule has 17 heteroatoms. The van der Waals surface area contributed by atoms with Crippen LogP contribution in [0, 0.1) is 5.82 Å². The molecule has 7 rings (SSSR count). The number of fused-ring (bicyclic) bond motifs is 2. The topological polar surface area (TPSA) is 90.8 Å². The summed E-state index contributed by atoms with van der Waals surface area (Å²) in [5.41, 5.74) is -5.68. The van der Waals surface area contributed by atoms with E-state index in [-0.39, 0.29) is 27.0 Å². The Balaban J connectivity index is 1.18. The van der Waals surface area contributed by atoms with Crippen molar-refractivity contribution in [2.45, 2.75) is 60.9 Å². The number of carbonyl (C=O) groups is 3. The van der Waals surface area contributed by atoms with Gasteiger partial charge >= 0.3 is 12.2 Å². The van der Waals surface area contributed by atoms with Gasteiger partial charge in [-0.05, 0) is 41.9 Å². The van der Waals surface area contributed by atoms with E-state index in [1.165, 1.54) is 24.4 Å². The minimum absolute atomic E-state index is 0.0482. The van der Waals surface area contributed by atoms with Crippen LogP contribution in [-0.4, -0.2) is 86.6 Å². The molecule has 2 aromatic carbocycles. The number of benzene rings is 2. The smallest absolute Gasteiger partial charge is 0.322 e. The Morgan fingerprint density at radius 2 is 1.65 bits per heavy atom. The molecule has 1 N–H and O–H groups in total.